The van der Waals surface area contributed by atoms with Gasteiger partial charge in [-0.05, 0) is 198 Å². The van der Waals surface area contributed by atoms with Gasteiger partial charge in [-0.25, -0.2) is 0 Å². The molecule has 5 aliphatic carbocycles. The molecule has 0 amide bonds. The van der Waals surface area contributed by atoms with Crippen LogP contribution in [0.15, 0.2) is 411 Å². The quantitative estimate of drug-likeness (QED) is 0.163. The topological polar surface area (TPSA) is 60.2 Å². The van der Waals surface area contributed by atoms with Crippen molar-refractivity contribution in [2.45, 2.75) is 23.3 Å². The number of fused-ring (bicyclic) bond motifs is 34. The Balaban J connectivity index is 0.000000112. The second kappa shape index (κ2) is 26.5. The Morgan fingerprint density at radius 3 is 1.12 bits per heavy atom. The second-order valence-corrected chi connectivity index (χ2v) is 32.8. The van der Waals surface area contributed by atoms with Crippen molar-refractivity contribution in [1.82, 2.24) is 18.3 Å². The lowest BCUT2D eigenvalue weighted by Gasteiger charge is -2.30. The average Bonchev–Trinajstić information content (AvgIpc) is 1.50. The fourth-order valence-electron chi connectivity index (χ4n) is 21.5. The highest BCUT2D eigenvalue weighted by atomic mass is 79.9. The predicted octanol–water partition coefficient (Wildman–Crippen LogP) is 26.3. The molecule has 21 aromatic rings. The van der Waals surface area contributed by atoms with E-state index in [0.717, 1.165) is 38.4 Å². The third kappa shape index (κ3) is 9.65. The largest absolute Gasteiger partial charge is 0.488 e. The molecule has 6 nitrogen and oxygen atoms in total. The highest BCUT2D eigenvalue weighted by Gasteiger charge is 2.54. The molecule has 1 atom stereocenters. The molecule has 0 bridgehead atoms. The second-order valence-electron chi connectivity index (χ2n) is 31.9. The van der Waals surface area contributed by atoms with Crippen LogP contribution in [-0.4, -0.2) is 35.4 Å². The number of rotatable bonds is 6. The molecule has 0 fully saturated rings. The number of para-hydroxylation sites is 5. The molecule has 4 heterocycles. The Hall–Kier alpha value is -14.1. The molecule has 118 heavy (non-hydrogen) atoms. The van der Waals surface area contributed by atoms with Crippen LogP contribution in [0.5, 0.6) is 0 Å². The molecule has 554 valence electrons. The SMILES string of the molecule is Brc1ccc2c(c1)c1ccc3c(c1n2-c1ccccc1)-c1ccccc1C31c2ccccc2-c2ccccc21.C1=CCC(n2c3ccccc3c3cc(-c4ccc5c(c4)c4ccc6c(c4n5-c4ccccc4)-c4ccccc4C64c5ccccc5-c5ccccc54)ccc32)C=C1.OB(O)c1ccc2c(c1)c1ccccc1n2-c1ccccc1. The number of allylic oxidation sites excluding steroid dienone is 4. The molecule has 1 unspecified atom stereocenters. The van der Waals surface area contributed by atoms with Crippen molar-refractivity contribution in [1.29, 1.82) is 0 Å². The van der Waals surface area contributed by atoms with Gasteiger partial charge < -0.3 is 28.3 Å². The molecule has 0 saturated carbocycles. The van der Waals surface area contributed by atoms with E-state index in [9.17, 15) is 10.0 Å². The Labute approximate surface area is 690 Å². The van der Waals surface area contributed by atoms with E-state index in [-0.39, 0.29) is 5.41 Å². The summed E-state index contributed by atoms with van der Waals surface area (Å²) in [5, 5.41) is 28.7. The molecular formula is C110H72BBrN4O2. The molecule has 8 heteroatoms. The van der Waals surface area contributed by atoms with E-state index in [1.54, 1.807) is 6.07 Å². The van der Waals surface area contributed by atoms with Crippen molar-refractivity contribution < 1.29 is 10.0 Å². The minimum Gasteiger partial charge on any atom is -0.423 e. The normalized spacial score (nSPS) is 14.3. The Morgan fingerprint density at radius 1 is 0.280 bits per heavy atom. The van der Waals surface area contributed by atoms with Crippen LogP contribution in [0, 0.1) is 0 Å². The van der Waals surface area contributed by atoms with Crippen LogP contribution in [0.1, 0.15) is 57.0 Å². The van der Waals surface area contributed by atoms with Crippen molar-refractivity contribution >= 4 is 116 Å². The van der Waals surface area contributed by atoms with Gasteiger partial charge >= 0.3 is 7.12 Å². The minimum atomic E-state index is -1.46. The Bertz CT molecular complexity index is 7760. The number of hydrogen-bond donors (Lipinski definition) is 2. The number of benzene rings is 17. The zero-order valence-corrected chi connectivity index (χ0v) is 65.7. The fraction of sp³-hybridized carbons (Fsp3) is 0.0364. The third-order valence-corrected chi connectivity index (χ3v) is 26.6. The summed E-state index contributed by atoms with van der Waals surface area (Å²) in [5.74, 6) is 0. The molecule has 17 aromatic carbocycles. The van der Waals surface area contributed by atoms with Gasteiger partial charge in [-0.1, -0.05) is 325 Å². The van der Waals surface area contributed by atoms with E-state index in [4.69, 9.17) is 0 Å². The van der Waals surface area contributed by atoms with Crippen LogP contribution in [0.4, 0.5) is 0 Å². The summed E-state index contributed by atoms with van der Waals surface area (Å²) in [4.78, 5) is 0. The highest BCUT2D eigenvalue weighted by molar-refractivity contribution is 9.10. The predicted molar refractivity (Wildman–Crippen MR) is 493 cm³/mol. The molecule has 0 saturated heterocycles. The molecular weight excluding hydrogens is 1500 g/mol. The van der Waals surface area contributed by atoms with Gasteiger partial charge in [0, 0.05) is 86.8 Å². The summed E-state index contributed by atoms with van der Waals surface area (Å²) in [5.41, 5.74) is 37.0. The van der Waals surface area contributed by atoms with Gasteiger partial charge in [0.2, 0.25) is 0 Å². The number of nitrogens with zero attached hydrogens (tertiary/aromatic N) is 4. The Morgan fingerprint density at radius 2 is 0.636 bits per heavy atom. The zero-order chi connectivity index (χ0) is 78.1. The minimum absolute atomic E-state index is 0.306. The van der Waals surface area contributed by atoms with Gasteiger partial charge in [-0.2, -0.15) is 0 Å². The zero-order valence-electron chi connectivity index (χ0n) is 64.1. The van der Waals surface area contributed by atoms with Crippen molar-refractivity contribution in [3.63, 3.8) is 0 Å². The monoisotopic (exact) mass is 1570 g/mol. The molecule has 2 N–H and O–H groups in total. The van der Waals surface area contributed by atoms with E-state index >= 15 is 0 Å². The summed E-state index contributed by atoms with van der Waals surface area (Å²) in [6.45, 7) is 0. The first kappa shape index (κ1) is 68.3. The smallest absolute Gasteiger partial charge is 0.423 e. The van der Waals surface area contributed by atoms with E-state index in [1.807, 2.05) is 42.5 Å². The molecule has 0 aliphatic heterocycles. The first-order chi connectivity index (χ1) is 58.3. The van der Waals surface area contributed by atoms with Crippen LogP contribution in [0.2, 0.25) is 0 Å². The lowest BCUT2D eigenvalue weighted by molar-refractivity contribution is 0.426. The lowest BCUT2D eigenvalue weighted by Crippen LogP contribution is -2.29. The summed E-state index contributed by atoms with van der Waals surface area (Å²) in [7, 11) is -1.46. The number of halogens is 1. The summed E-state index contributed by atoms with van der Waals surface area (Å²) < 4.78 is 10.8. The van der Waals surface area contributed by atoms with E-state index in [1.165, 1.54) is 177 Å². The summed E-state index contributed by atoms with van der Waals surface area (Å²) in [6.07, 6.45) is 9.95. The van der Waals surface area contributed by atoms with Gasteiger partial charge in [-0.3, -0.25) is 0 Å². The van der Waals surface area contributed by atoms with Crippen LogP contribution < -0.4 is 5.46 Å². The van der Waals surface area contributed by atoms with Crippen LogP contribution >= 0.6 is 15.9 Å². The van der Waals surface area contributed by atoms with Crippen molar-refractivity contribution in [3.8, 4) is 72.7 Å². The first-order valence-electron chi connectivity index (χ1n) is 40.7. The maximum absolute atomic E-state index is 9.43. The van der Waals surface area contributed by atoms with Crippen LogP contribution in [-0.2, 0) is 10.8 Å². The maximum atomic E-state index is 9.43. The first-order valence-corrected chi connectivity index (χ1v) is 41.5. The fourth-order valence-corrected chi connectivity index (χ4v) is 21.9. The van der Waals surface area contributed by atoms with Crippen LogP contribution in [0.25, 0.3) is 160 Å². The molecule has 0 radical (unpaired) electrons. The lowest BCUT2D eigenvalue weighted by atomic mass is 9.70. The van der Waals surface area contributed by atoms with Gasteiger partial charge in [0.05, 0.1) is 50.0 Å². The van der Waals surface area contributed by atoms with Gasteiger partial charge in [0.1, 0.15) is 0 Å². The molecule has 26 rings (SSSR count). The van der Waals surface area contributed by atoms with Crippen molar-refractivity contribution in [2.24, 2.45) is 0 Å². The highest BCUT2D eigenvalue weighted by Crippen LogP contribution is 2.66. The average molecular weight is 1570 g/mol. The van der Waals surface area contributed by atoms with E-state index < -0.39 is 12.5 Å². The number of aromatic nitrogens is 4. The third-order valence-electron chi connectivity index (χ3n) is 26.1. The molecule has 5 aliphatic rings. The van der Waals surface area contributed by atoms with Crippen molar-refractivity contribution in [2.75, 3.05) is 0 Å². The van der Waals surface area contributed by atoms with Gasteiger partial charge in [-0.15, -0.1) is 0 Å². The maximum Gasteiger partial charge on any atom is 0.488 e. The van der Waals surface area contributed by atoms with Crippen molar-refractivity contribution in [3.05, 3.63) is 455 Å². The van der Waals surface area contributed by atoms with E-state index in [2.05, 4.69) is 392 Å². The summed E-state index contributed by atoms with van der Waals surface area (Å²) >= 11 is 3.75. The van der Waals surface area contributed by atoms with Gasteiger partial charge in [0.25, 0.3) is 0 Å². The molecule has 2 spiro atoms. The standard InChI is InChI=1S/C55H36N2.C37H22BrN.C18H14BNO2/c1-3-15-37(16-4-1)56-50-26-14-10-21-41(50)44-33-35(27-31-51(44)56)36-28-32-52-45(34-36)42-29-30-49-53(54(42)57(52)38-17-5-2-6-18-38)43-22-9-13-25-48(43)55(49)46-23-11-7-19-39(46)40-20-8-12-24-47(40)55;38-23-18-21-34-29(22-23)27-19-20-33-35(36(27)39(34)24-10-2-1-3-11-24)28-14-6-9-17-32(28)37(33)30-15-7-4-12-25(30)26-13-5-8-16-31(26)37;21-19(22)13-10-11-18-16(12-13)15-8-4-5-9-17(15)20(18)14-6-2-1-3-7-14/h1-15,17-34,37H,16H2;1-22H;1-12,21-22H. The molecule has 4 aromatic heterocycles. The number of hydrogen-bond acceptors (Lipinski definition) is 2. The van der Waals surface area contributed by atoms with E-state index in [0.29, 0.717) is 11.5 Å². The summed E-state index contributed by atoms with van der Waals surface area (Å²) in [6, 6.07) is 140. The Kier molecular flexibility index (Phi) is 15.3. The van der Waals surface area contributed by atoms with Gasteiger partial charge in [0.15, 0.2) is 0 Å². The van der Waals surface area contributed by atoms with Crippen LogP contribution in [0.3, 0.4) is 0 Å².